The van der Waals surface area contributed by atoms with Gasteiger partial charge in [0.05, 0.1) is 6.61 Å². The molecule has 116 valence electrons. The van der Waals surface area contributed by atoms with E-state index in [9.17, 15) is 4.79 Å². The highest BCUT2D eigenvalue weighted by molar-refractivity contribution is 6.04. The molecule has 22 heavy (non-hydrogen) atoms. The van der Waals surface area contributed by atoms with Crippen molar-refractivity contribution in [3.8, 4) is 5.75 Å². The second-order valence-corrected chi connectivity index (χ2v) is 5.62. The van der Waals surface area contributed by atoms with Crippen LogP contribution >= 0.6 is 0 Å². The van der Waals surface area contributed by atoms with Gasteiger partial charge in [-0.1, -0.05) is 6.92 Å². The lowest BCUT2D eigenvalue weighted by Crippen LogP contribution is -2.15. The van der Waals surface area contributed by atoms with Gasteiger partial charge in [-0.15, -0.1) is 0 Å². The van der Waals surface area contributed by atoms with E-state index in [1.54, 1.807) is 6.07 Å². The van der Waals surface area contributed by atoms with Gasteiger partial charge in [-0.25, -0.2) is 0 Å². The van der Waals surface area contributed by atoms with E-state index in [2.05, 4.69) is 17.3 Å². The molecule has 0 radical (unpaired) electrons. The average Bonchev–Trinajstić information content (AvgIpc) is 2.87. The van der Waals surface area contributed by atoms with E-state index in [1.165, 1.54) is 0 Å². The molecule has 3 rings (SSSR count). The summed E-state index contributed by atoms with van der Waals surface area (Å²) in [6.45, 7) is 5.72. The lowest BCUT2D eigenvalue weighted by molar-refractivity contribution is 0.102. The first kappa shape index (κ1) is 14.6. The van der Waals surface area contributed by atoms with Gasteiger partial charge in [0.15, 0.2) is 5.82 Å². The number of hydrogen-bond donors (Lipinski definition) is 1. The number of aryl methyl sites for hydroxylation is 3. The maximum absolute atomic E-state index is 12.4. The Kier molecular flexibility index (Phi) is 4.13. The monoisotopic (exact) mass is 299 g/mol. The number of nitrogens with one attached hydrogen (secondary N) is 1. The van der Waals surface area contributed by atoms with Crippen LogP contribution in [0.5, 0.6) is 5.75 Å². The zero-order valence-corrected chi connectivity index (χ0v) is 13.1. The summed E-state index contributed by atoms with van der Waals surface area (Å²) in [6.07, 6.45) is 2.97. The van der Waals surface area contributed by atoms with Crippen LogP contribution in [0, 0.1) is 6.92 Å². The molecule has 1 aromatic heterocycles. The van der Waals surface area contributed by atoms with Crippen molar-refractivity contribution in [3.05, 3.63) is 41.1 Å². The van der Waals surface area contributed by atoms with Gasteiger partial charge in [0, 0.05) is 23.9 Å². The molecule has 2 aromatic rings. The number of carbonyl (C=O) groups is 1. The minimum absolute atomic E-state index is 0.130. The minimum Gasteiger partial charge on any atom is -0.493 e. The number of anilines is 1. The largest absolute Gasteiger partial charge is 0.493 e. The molecule has 2 heterocycles. The van der Waals surface area contributed by atoms with Gasteiger partial charge in [-0.2, -0.15) is 5.10 Å². The molecule has 0 spiro atoms. The lowest BCUT2D eigenvalue weighted by atomic mass is 10.0. The zero-order chi connectivity index (χ0) is 15.5. The Labute approximate surface area is 130 Å². The predicted molar refractivity (Wildman–Crippen MR) is 85.5 cm³/mol. The van der Waals surface area contributed by atoms with E-state index >= 15 is 0 Å². The van der Waals surface area contributed by atoms with E-state index in [4.69, 9.17) is 4.74 Å². The molecular formula is C17H21N3O2. The Hall–Kier alpha value is -2.30. The number of fused-ring (bicyclic) bond motifs is 1. The second kappa shape index (κ2) is 6.22. The molecule has 0 bridgehead atoms. The van der Waals surface area contributed by atoms with Crippen molar-refractivity contribution < 1.29 is 9.53 Å². The van der Waals surface area contributed by atoms with Gasteiger partial charge in [0.1, 0.15) is 5.75 Å². The van der Waals surface area contributed by atoms with E-state index in [-0.39, 0.29) is 5.91 Å². The number of ether oxygens (including phenoxy) is 1. The molecule has 0 saturated carbocycles. The molecule has 0 atom stereocenters. The molecule has 5 heteroatoms. The van der Waals surface area contributed by atoms with Crippen LogP contribution in [0.3, 0.4) is 0 Å². The van der Waals surface area contributed by atoms with Crippen molar-refractivity contribution in [2.45, 2.75) is 39.7 Å². The van der Waals surface area contributed by atoms with Gasteiger partial charge in [0.2, 0.25) is 0 Å². The van der Waals surface area contributed by atoms with Crippen LogP contribution in [0.1, 0.15) is 41.4 Å². The molecule has 1 amide bonds. The smallest absolute Gasteiger partial charge is 0.256 e. The highest BCUT2D eigenvalue weighted by Gasteiger charge is 2.15. The van der Waals surface area contributed by atoms with Crippen LogP contribution in [-0.4, -0.2) is 22.3 Å². The summed E-state index contributed by atoms with van der Waals surface area (Å²) in [5, 5.41) is 7.29. The first-order valence-corrected chi connectivity index (χ1v) is 7.79. The zero-order valence-electron chi connectivity index (χ0n) is 13.1. The Balaban J connectivity index is 1.75. The van der Waals surface area contributed by atoms with Gasteiger partial charge in [0.25, 0.3) is 5.91 Å². The Morgan fingerprint density at radius 2 is 2.27 bits per heavy atom. The summed E-state index contributed by atoms with van der Waals surface area (Å²) in [5.41, 5.74) is 2.80. The first-order chi connectivity index (χ1) is 10.7. The van der Waals surface area contributed by atoms with Crippen LogP contribution < -0.4 is 10.1 Å². The summed E-state index contributed by atoms with van der Waals surface area (Å²) in [6, 6.07) is 7.49. The molecule has 1 aliphatic rings. The number of benzene rings is 1. The maximum Gasteiger partial charge on any atom is 0.256 e. The van der Waals surface area contributed by atoms with E-state index in [0.717, 1.165) is 49.4 Å². The third kappa shape index (κ3) is 2.98. The minimum atomic E-state index is -0.130. The summed E-state index contributed by atoms with van der Waals surface area (Å²) in [7, 11) is 0. The van der Waals surface area contributed by atoms with E-state index < -0.39 is 0 Å². The summed E-state index contributed by atoms with van der Waals surface area (Å²) >= 11 is 0. The van der Waals surface area contributed by atoms with Crippen molar-refractivity contribution in [1.29, 1.82) is 0 Å². The van der Waals surface area contributed by atoms with Gasteiger partial charge in [-0.05, 0) is 49.9 Å². The molecule has 1 aliphatic heterocycles. The summed E-state index contributed by atoms with van der Waals surface area (Å²) in [4.78, 5) is 12.4. The van der Waals surface area contributed by atoms with Crippen LogP contribution in [0.4, 0.5) is 5.82 Å². The lowest BCUT2D eigenvalue weighted by Gasteiger charge is -2.17. The number of aromatic nitrogens is 2. The maximum atomic E-state index is 12.4. The van der Waals surface area contributed by atoms with Crippen molar-refractivity contribution in [2.75, 3.05) is 11.9 Å². The van der Waals surface area contributed by atoms with Crippen LogP contribution in [0.15, 0.2) is 24.3 Å². The average molecular weight is 299 g/mol. The quantitative estimate of drug-likeness (QED) is 0.943. The van der Waals surface area contributed by atoms with Crippen molar-refractivity contribution in [2.24, 2.45) is 0 Å². The first-order valence-electron chi connectivity index (χ1n) is 7.79. The standard InChI is InChI=1S/C17H21N3O2/c1-3-8-20-12(2)10-16(19-20)18-17(21)14-6-7-15-13(11-14)5-4-9-22-15/h6-7,10-11H,3-5,8-9H2,1-2H3,(H,18,19,21). The Morgan fingerprint density at radius 1 is 1.41 bits per heavy atom. The van der Waals surface area contributed by atoms with Gasteiger partial charge >= 0.3 is 0 Å². The Bertz CT molecular complexity index is 691. The molecule has 0 unspecified atom stereocenters. The molecule has 5 nitrogen and oxygen atoms in total. The normalized spacial score (nSPS) is 13.4. The summed E-state index contributed by atoms with van der Waals surface area (Å²) < 4.78 is 7.49. The molecular weight excluding hydrogens is 278 g/mol. The SMILES string of the molecule is CCCn1nc(NC(=O)c2ccc3c(c2)CCCO3)cc1C. The third-order valence-electron chi connectivity index (χ3n) is 3.83. The predicted octanol–water partition coefficient (Wildman–Crippen LogP) is 3.18. The van der Waals surface area contributed by atoms with Crippen LogP contribution in [-0.2, 0) is 13.0 Å². The highest BCUT2D eigenvalue weighted by atomic mass is 16.5. The van der Waals surface area contributed by atoms with Gasteiger partial charge in [-0.3, -0.25) is 9.48 Å². The van der Waals surface area contributed by atoms with Crippen molar-refractivity contribution in [3.63, 3.8) is 0 Å². The molecule has 0 aliphatic carbocycles. The van der Waals surface area contributed by atoms with Crippen LogP contribution in [0.25, 0.3) is 0 Å². The number of nitrogens with zero attached hydrogens (tertiary/aromatic N) is 2. The second-order valence-electron chi connectivity index (χ2n) is 5.62. The number of rotatable bonds is 4. The molecule has 0 saturated heterocycles. The molecule has 0 fully saturated rings. The van der Waals surface area contributed by atoms with E-state index in [0.29, 0.717) is 11.4 Å². The topological polar surface area (TPSA) is 56.2 Å². The number of carbonyl (C=O) groups excluding carboxylic acids is 1. The third-order valence-corrected chi connectivity index (χ3v) is 3.83. The van der Waals surface area contributed by atoms with Crippen molar-refractivity contribution >= 4 is 11.7 Å². The molecule has 1 aromatic carbocycles. The number of hydrogen-bond acceptors (Lipinski definition) is 3. The molecule has 1 N–H and O–H groups in total. The Morgan fingerprint density at radius 3 is 3.09 bits per heavy atom. The summed E-state index contributed by atoms with van der Waals surface area (Å²) in [5.74, 6) is 1.37. The van der Waals surface area contributed by atoms with Gasteiger partial charge < -0.3 is 10.1 Å². The fourth-order valence-corrected chi connectivity index (χ4v) is 2.70. The van der Waals surface area contributed by atoms with E-state index in [1.807, 2.05) is 29.8 Å². The highest BCUT2D eigenvalue weighted by Crippen LogP contribution is 2.25. The van der Waals surface area contributed by atoms with Crippen LogP contribution in [0.2, 0.25) is 0 Å². The van der Waals surface area contributed by atoms with Crippen molar-refractivity contribution in [1.82, 2.24) is 9.78 Å². The number of amides is 1. The fourth-order valence-electron chi connectivity index (χ4n) is 2.70. The fraction of sp³-hybridized carbons (Fsp3) is 0.412.